The Balaban J connectivity index is 1.79. The minimum Gasteiger partial charge on any atom is -0.497 e. The van der Waals surface area contributed by atoms with E-state index in [2.05, 4.69) is 6.07 Å². The number of nitrogens with two attached hydrogens (primary N) is 1. The molecule has 0 bridgehead atoms. The maximum atomic E-state index is 14.1. The predicted molar refractivity (Wildman–Crippen MR) is 150 cm³/mol. The van der Waals surface area contributed by atoms with E-state index < -0.39 is 10.8 Å². The topological polar surface area (TPSA) is 132 Å². The molecule has 3 aromatic carbocycles. The summed E-state index contributed by atoms with van der Waals surface area (Å²) >= 11 is 6.58. The zero-order valence-corrected chi connectivity index (χ0v) is 22.5. The molecular formula is C30H25ClN4O5. The number of nitro groups is 1. The number of nitrogens with zero attached hydrogens (tertiary/aromatic N) is 3. The average molecular weight is 557 g/mol. The molecule has 0 aromatic heterocycles. The molecule has 0 spiro atoms. The number of carbonyl (C=O) groups is 1. The third-order valence-electron chi connectivity index (χ3n) is 7.37. The number of benzene rings is 3. The van der Waals surface area contributed by atoms with Gasteiger partial charge < -0.3 is 15.2 Å². The van der Waals surface area contributed by atoms with Crippen LogP contribution in [-0.2, 0) is 4.79 Å². The minimum absolute atomic E-state index is 0.0352. The van der Waals surface area contributed by atoms with Gasteiger partial charge in [-0.3, -0.25) is 19.8 Å². The molecule has 0 amide bonds. The van der Waals surface area contributed by atoms with Crippen molar-refractivity contribution in [1.29, 1.82) is 5.26 Å². The maximum absolute atomic E-state index is 14.1. The molecular weight excluding hydrogens is 532 g/mol. The van der Waals surface area contributed by atoms with E-state index in [1.54, 1.807) is 18.2 Å². The summed E-state index contributed by atoms with van der Waals surface area (Å²) in [4.78, 5) is 26.7. The van der Waals surface area contributed by atoms with E-state index in [1.165, 1.54) is 37.3 Å². The van der Waals surface area contributed by atoms with Crippen molar-refractivity contribution >= 4 is 28.8 Å². The molecule has 10 heteroatoms. The van der Waals surface area contributed by atoms with E-state index in [0.29, 0.717) is 34.8 Å². The van der Waals surface area contributed by atoms with Crippen molar-refractivity contribution in [2.24, 2.45) is 5.73 Å². The van der Waals surface area contributed by atoms with Crippen LogP contribution in [0.2, 0.25) is 5.02 Å². The van der Waals surface area contributed by atoms with Gasteiger partial charge in [0.05, 0.1) is 47.4 Å². The molecule has 0 radical (unpaired) electrons. The number of carbonyl (C=O) groups excluding carboxylic acids is 1. The van der Waals surface area contributed by atoms with Crippen LogP contribution in [0.25, 0.3) is 0 Å². The molecule has 1 aliphatic carbocycles. The van der Waals surface area contributed by atoms with Gasteiger partial charge in [0.15, 0.2) is 5.78 Å². The van der Waals surface area contributed by atoms with Crippen LogP contribution in [-0.4, -0.2) is 24.9 Å². The van der Waals surface area contributed by atoms with Crippen LogP contribution in [0.3, 0.4) is 0 Å². The van der Waals surface area contributed by atoms with Crippen LogP contribution < -0.4 is 20.1 Å². The maximum Gasteiger partial charge on any atom is 0.271 e. The van der Waals surface area contributed by atoms with Gasteiger partial charge in [-0.1, -0.05) is 48.0 Å². The van der Waals surface area contributed by atoms with Crippen LogP contribution in [0.1, 0.15) is 35.8 Å². The molecule has 1 aliphatic heterocycles. The van der Waals surface area contributed by atoms with E-state index >= 15 is 0 Å². The van der Waals surface area contributed by atoms with Crippen LogP contribution in [0.5, 0.6) is 11.5 Å². The fourth-order valence-corrected chi connectivity index (χ4v) is 5.72. The summed E-state index contributed by atoms with van der Waals surface area (Å²) < 4.78 is 11.0. The summed E-state index contributed by atoms with van der Waals surface area (Å²) in [5.74, 6) is -0.152. The molecule has 0 unspecified atom stereocenters. The number of anilines is 1. The van der Waals surface area contributed by atoms with Crippen molar-refractivity contribution in [3.05, 3.63) is 116 Å². The van der Waals surface area contributed by atoms with Crippen molar-refractivity contribution in [2.75, 3.05) is 19.1 Å². The number of hydrogen-bond donors (Lipinski definition) is 1. The Kier molecular flexibility index (Phi) is 7.20. The third-order valence-corrected chi connectivity index (χ3v) is 7.69. The summed E-state index contributed by atoms with van der Waals surface area (Å²) in [5, 5.41) is 22.2. The van der Waals surface area contributed by atoms with Crippen molar-refractivity contribution in [3.8, 4) is 17.6 Å². The molecule has 0 fully saturated rings. The Morgan fingerprint density at radius 2 is 1.82 bits per heavy atom. The number of Topliss-reactive ketones (excluding diaryl/α,β-unsaturated/α-hetero) is 1. The second-order valence-corrected chi connectivity index (χ2v) is 9.89. The lowest BCUT2D eigenvalue weighted by atomic mass is 9.71. The number of non-ortho nitro benzene ring substituents is 1. The minimum atomic E-state index is -0.821. The van der Waals surface area contributed by atoms with Gasteiger partial charge in [0.1, 0.15) is 17.3 Å². The number of hydrogen-bond acceptors (Lipinski definition) is 8. The van der Waals surface area contributed by atoms with Crippen LogP contribution in [0.4, 0.5) is 11.4 Å². The second kappa shape index (κ2) is 10.8. The first-order valence-electron chi connectivity index (χ1n) is 12.5. The fraction of sp³-hybridized carbons (Fsp3) is 0.200. The van der Waals surface area contributed by atoms with E-state index in [4.69, 9.17) is 26.8 Å². The Bertz CT molecular complexity index is 1630. The van der Waals surface area contributed by atoms with E-state index in [1.807, 2.05) is 30.3 Å². The molecule has 0 saturated heterocycles. The molecule has 2 N–H and O–H groups in total. The van der Waals surface area contributed by atoms with E-state index in [-0.39, 0.29) is 45.9 Å². The highest BCUT2D eigenvalue weighted by Gasteiger charge is 2.44. The largest absolute Gasteiger partial charge is 0.497 e. The van der Waals surface area contributed by atoms with E-state index in [9.17, 15) is 20.2 Å². The Morgan fingerprint density at radius 3 is 2.48 bits per heavy atom. The van der Waals surface area contributed by atoms with Gasteiger partial charge in [-0.15, -0.1) is 0 Å². The van der Waals surface area contributed by atoms with Crippen LogP contribution in [0.15, 0.2) is 89.4 Å². The summed E-state index contributed by atoms with van der Waals surface area (Å²) in [5.41, 5.74) is 9.30. The molecule has 40 heavy (non-hydrogen) atoms. The smallest absolute Gasteiger partial charge is 0.271 e. The first-order chi connectivity index (χ1) is 19.3. The van der Waals surface area contributed by atoms with Gasteiger partial charge in [0.25, 0.3) is 5.69 Å². The zero-order valence-electron chi connectivity index (χ0n) is 21.8. The molecule has 0 saturated carbocycles. The quantitative estimate of drug-likeness (QED) is 0.290. The van der Waals surface area contributed by atoms with Crippen molar-refractivity contribution < 1.29 is 19.2 Å². The molecule has 2 aliphatic rings. The summed E-state index contributed by atoms with van der Waals surface area (Å²) in [6.07, 6.45) is 0.603. The van der Waals surface area contributed by atoms with Gasteiger partial charge in [0.2, 0.25) is 0 Å². The van der Waals surface area contributed by atoms with Gasteiger partial charge >= 0.3 is 0 Å². The Labute approximate surface area is 235 Å². The number of halogens is 1. The zero-order chi connectivity index (χ0) is 28.6. The highest BCUT2D eigenvalue weighted by molar-refractivity contribution is 6.33. The van der Waals surface area contributed by atoms with Gasteiger partial charge in [-0.2, -0.15) is 5.26 Å². The van der Waals surface area contributed by atoms with Crippen molar-refractivity contribution in [2.45, 2.75) is 24.7 Å². The molecule has 2 atom stereocenters. The number of allylic oxidation sites excluding steroid dienone is 3. The number of ether oxygens (including phenoxy) is 2. The second-order valence-electron chi connectivity index (χ2n) is 9.48. The molecule has 3 aromatic rings. The summed E-state index contributed by atoms with van der Waals surface area (Å²) in [7, 11) is 3.03. The lowest BCUT2D eigenvalue weighted by Gasteiger charge is -2.42. The SMILES string of the molecule is COc1ccc([C@H]2C(C#N)=C(N)N(c3cc([N+](=O)[O-])ccc3Cl)C3=C2C(=O)C[C@H](c2ccccc2)C3)c(OC)c1. The molecule has 202 valence electrons. The number of nitro benzene ring substituents is 1. The van der Waals surface area contributed by atoms with E-state index in [0.717, 1.165) is 5.56 Å². The van der Waals surface area contributed by atoms with Gasteiger partial charge in [0, 0.05) is 41.5 Å². The standard InChI is InChI=1S/C30H25ClN4O5/c1-39-20-9-10-21(27(15-20)40-2)28-22(16-32)30(33)34(24-14-19(35(37)38)8-11-23(24)31)25-12-18(13-26(36)29(25)28)17-6-4-3-5-7-17/h3-11,14-15,18,28H,12-13,33H2,1-2H3/t18-,28+/m1/s1. The molecule has 1 heterocycles. The normalized spacial score (nSPS) is 18.8. The van der Waals surface area contributed by atoms with Gasteiger partial charge in [-0.25, -0.2) is 0 Å². The Morgan fingerprint density at radius 1 is 1.07 bits per heavy atom. The Hall–Kier alpha value is -4.81. The number of ketones is 1. The lowest BCUT2D eigenvalue weighted by Crippen LogP contribution is -2.40. The lowest BCUT2D eigenvalue weighted by molar-refractivity contribution is -0.384. The van der Waals surface area contributed by atoms with Gasteiger partial charge in [-0.05, 0) is 30.0 Å². The summed E-state index contributed by atoms with van der Waals surface area (Å²) in [6.45, 7) is 0. The first-order valence-corrected chi connectivity index (χ1v) is 12.8. The number of methoxy groups -OCH3 is 2. The average Bonchev–Trinajstić information content (AvgIpc) is 2.97. The predicted octanol–water partition coefficient (Wildman–Crippen LogP) is 5.96. The first kappa shape index (κ1) is 26.8. The van der Waals surface area contributed by atoms with Crippen LogP contribution >= 0.6 is 11.6 Å². The van der Waals surface area contributed by atoms with Crippen molar-refractivity contribution in [1.82, 2.24) is 0 Å². The highest BCUT2D eigenvalue weighted by Crippen LogP contribution is 2.52. The highest BCUT2D eigenvalue weighted by atomic mass is 35.5. The summed E-state index contributed by atoms with van der Waals surface area (Å²) in [6, 6.07) is 21.0. The molecule has 5 rings (SSSR count). The monoisotopic (exact) mass is 556 g/mol. The third kappa shape index (κ3) is 4.52. The number of nitriles is 1. The number of rotatable bonds is 6. The fourth-order valence-electron chi connectivity index (χ4n) is 5.52. The van der Waals surface area contributed by atoms with Crippen LogP contribution in [0, 0.1) is 21.4 Å². The van der Waals surface area contributed by atoms with Crippen molar-refractivity contribution in [3.63, 3.8) is 0 Å². The molecule has 9 nitrogen and oxygen atoms in total.